The van der Waals surface area contributed by atoms with E-state index in [1.807, 2.05) is 0 Å². The summed E-state index contributed by atoms with van der Waals surface area (Å²) in [5.74, 6) is 2.07. The molecule has 0 saturated carbocycles. The van der Waals surface area contributed by atoms with Gasteiger partial charge >= 0.3 is 0 Å². The van der Waals surface area contributed by atoms with Gasteiger partial charge in [0.05, 0.1) is 18.1 Å². The molecule has 0 unspecified atom stereocenters. The van der Waals surface area contributed by atoms with Gasteiger partial charge in [0.1, 0.15) is 11.6 Å². The van der Waals surface area contributed by atoms with Crippen LogP contribution in [0, 0.1) is 0 Å². The van der Waals surface area contributed by atoms with Crippen LogP contribution in [0.2, 0.25) is 0 Å². The lowest BCUT2D eigenvalue weighted by molar-refractivity contribution is 0.223. The van der Waals surface area contributed by atoms with Crippen LogP contribution in [0.5, 0.6) is 5.75 Å². The fourth-order valence-electron chi connectivity index (χ4n) is 5.55. The molecule has 1 saturated heterocycles. The first-order valence-corrected chi connectivity index (χ1v) is 14.8. The van der Waals surface area contributed by atoms with E-state index < -0.39 is 0 Å². The minimum Gasteiger partial charge on any atom is -0.497 e. The van der Waals surface area contributed by atoms with Crippen LogP contribution in [0.25, 0.3) is 11.0 Å². The van der Waals surface area contributed by atoms with Gasteiger partial charge in [0, 0.05) is 19.5 Å². The van der Waals surface area contributed by atoms with E-state index in [1.165, 1.54) is 107 Å². The van der Waals surface area contributed by atoms with E-state index in [-0.39, 0.29) is 0 Å². The van der Waals surface area contributed by atoms with Crippen molar-refractivity contribution in [2.45, 2.75) is 84.7 Å². The van der Waals surface area contributed by atoms with Gasteiger partial charge in [0.25, 0.3) is 0 Å². The van der Waals surface area contributed by atoms with Crippen LogP contribution >= 0.6 is 0 Å². The van der Waals surface area contributed by atoms with Crippen molar-refractivity contribution < 1.29 is 4.74 Å². The summed E-state index contributed by atoms with van der Waals surface area (Å²) in [5, 5.41) is 0. The van der Waals surface area contributed by atoms with Gasteiger partial charge in [0.15, 0.2) is 0 Å². The molecule has 1 aliphatic rings. The number of hydrogen-bond donors (Lipinski definition) is 0. The summed E-state index contributed by atoms with van der Waals surface area (Å²) in [6, 6.07) is 15.4. The number of likely N-dealkylation sites (tertiary alicyclic amines) is 1. The molecule has 0 N–H and O–H groups in total. The Morgan fingerprint density at radius 3 is 2.22 bits per heavy atom. The van der Waals surface area contributed by atoms with E-state index in [2.05, 4.69) is 70.7 Å². The molecule has 1 aromatic heterocycles. The molecular formula is C32H48N4O. The second-order valence-electron chi connectivity index (χ2n) is 10.8. The lowest BCUT2D eigenvalue weighted by Crippen LogP contribution is -2.31. The molecule has 5 heteroatoms. The van der Waals surface area contributed by atoms with E-state index in [4.69, 9.17) is 9.72 Å². The van der Waals surface area contributed by atoms with Gasteiger partial charge in [-0.1, -0.05) is 51.3 Å². The highest BCUT2D eigenvalue weighted by Gasteiger charge is 2.15. The molecule has 4 rings (SSSR count). The summed E-state index contributed by atoms with van der Waals surface area (Å²) < 4.78 is 7.88. The van der Waals surface area contributed by atoms with Crippen molar-refractivity contribution in [1.29, 1.82) is 0 Å². The summed E-state index contributed by atoms with van der Waals surface area (Å²) in [6.07, 6.45) is 11.2. The zero-order chi connectivity index (χ0) is 25.9. The number of imidazole rings is 1. The highest BCUT2D eigenvalue weighted by atomic mass is 16.5. The van der Waals surface area contributed by atoms with Crippen molar-refractivity contribution in [3.63, 3.8) is 0 Å². The Morgan fingerprint density at radius 1 is 0.838 bits per heavy atom. The van der Waals surface area contributed by atoms with E-state index in [0.29, 0.717) is 0 Å². The minimum atomic E-state index is 0.844. The van der Waals surface area contributed by atoms with Gasteiger partial charge < -0.3 is 14.2 Å². The number of nitrogens with zero attached hydrogens (tertiary/aromatic N) is 4. The monoisotopic (exact) mass is 504 g/mol. The van der Waals surface area contributed by atoms with Crippen molar-refractivity contribution in [3.8, 4) is 5.75 Å². The maximum absolute atomic E-state index is 5.37. The summed E-state index contributed by atoms with van der Waals surface area (Å²) in [5.41, 5.74) is 5.11. The predicted molar refractivity (Wildman–Crippen MR) is 156 cm³/mol. The van der Waals surface area contributed by atoms with E-state index in [0.717, 1.165) is 30.8 Å². The molecular weight excluding hydrogens is 456 g/mol. The van der Waals surface area contributed by atoms with Gasteiger partial charge in [-0.2, -0.15) is 0 Å². The zero-order valence-corrected chi connectivity index (χ0v) is 23.6. The highest BCUT2D eigenvalue weighted by Crippen LogP contribution is 2.23. The maximum Gasteiger partial charge on any atom is 0.118 e. The van der Waals surface area contributed by atoms with Crippen molar-refractivity contribution in [2.24, 2.45) is 0 Å². The Hall–Kier alpha value is -2.37. The molecule has 0 spiro atoms. The van der Waals surface area contributed by atoms with Crippen LogP contribution in [0.4, 0.5) is 0 Å². The highest BCUT2D eigenvalue weighted by molar-refractivity contribution is 5.77. The number of ether oxygens (including phenoxy) is 1. The van der Waals surface area contributed by atoms with Crippen molar-refractivity contribution >= 4 is 11.0 Å². The number of rotatable bonds is 15. The molecule has 37 heavy (non-hydrogen) atoms. The van der Waals surface area contributed by atoms with Gasteiger partial charge in [-0.3, -0.25) is 4.90 Å². The number of unbranched alkanes of at least 4 members (excludes halogenated alkanes) is 2. The lowest BCUT2D eigenvalue weighted by Gasteiger charge is -2.26. The Morgan fingerprint density at radius 2 is 1.54 bits per heavy atom. The minimum absolute atomic E-state index is 0.844. The standard InChI is InChI=1S/C32H48N4O/c1-4-6-18-35(19-7-5-2)26-28-14-17-30-31(24-28)36(23-11-22-34-20-9-8-10-21-34)32(33-30)25-27-12-15-29(37-3)16-13-27/h12-17,24H,4-11,18-23,25-26H2,1-3H3. The molecule has 1 aliphatic heterocycles. The van der Waals surface area contributed by atoms with Crippen LogP contribution in [0.15, 0.2) is 42.5 Å². The number of methoxy groups -OCH3 is 1. The van der Waals surface area contributed by atoms with Crippen LogP contribution in [-0.4, -0.2) is 59.2 Å². The Labute approximate surface area is 224 Å². The fraction of sp³-hybridized carbons (Fsp3) is 0.594. The lowest BCUT2D eigenvalue weighted by atomic mass is 10.1. The van der Waals surface area contributed by atoms with E-state index in [1.54, 1.807) is 7.11 Å². The summed E-state index contributed by atoms with van der Waals surface area (Å²) >= 11 is 0. The molecule has 3 aromatic rings. The molecule has 202 valence electrons. The Kier molecular flexibility index (Phi) is 10.9. The largest absolute Gasteiger partial charge is 0.497 e. The number of benzene rings is 2. The fourth-order valence-corrected chi connectivity index (χ4v) is 5.55. The van der Waals surface area contributed by atoms with Crippen molar-refractivity contribution in [3.05, 3.63) is 59.4 Å². The van der Waals surface area contributed by atoms with E-state index in [9.17, 15) is 0 Å². The van der Waals surface area contributed by atoms with Crippen LogP contribution in [-0.2, 0) is 19.5 Å². The van der Waals surface area contributed by atoms with Crippen LogP contribution in [0.3, 0.4) is 0 Å². The summed E-state index contributed by atoms with van der Waals surface area (Å²) in [7, 11) is 1.72. The number of fused-ring (bicyclic) bond motifs is 1. The third-order valence-corrected chi connectivity index (χ3v) is 7.78. The van der Waals surface area contributed by atoms with Crippen molar-refractivity contribution in [2.75, 3.05) is 39.8 Å². The zero-order valence-electron chi connectivity index (χ0n) is 23.6. The average molecular weight is 505 g/mol. The molecule has 0 bridgehead atoms. The molecule has 0 aliphatic carbocycles. The maximum atomic E-state index is 5.37. The summed E-state index contributed by atoms with van der Waals surface area (Å²) in [6.45, 7) is 12.7. The second kappa shape index (κ2) is 14.5. The van der Waals surface area contributed by atoms with Crippen LogP contribution < -0.4 is 4.74 Å². The van der Waals surface area contributed by atoms with Gasteiger partial charge in [0.2, 0.25) is 0 Å². The SMILES string of the molecule is CCCCN(CCCC)Cc1ccc2nc(Cc3ccc(OC)cc3)n(CCCN3CCCCC3)c2c1. The van der Waals surface area contributed by atoms with E-state index >= 15 is 0 Å². The van der Waals surface area contributed by atoms with Gasteiger partial charge in [-0.25, -0.2) is 4.98 Å². The third-order valence-electron chi connectivity index (χ3n) is 7.78. The topological polar surface area (TPSA) is 33.5 Å². The molecule has 5 nitrogen and oxygen atoms in total. The third kappa shape index (κ3) is 8.05. The van der Waals surface area contributed by atoms with Gasteiger partial charge in [-0.05, 0) is 100 Å². The second-order valence-corrected chi connectivity index (χ2v) is 10.8. The molecule has 2 aromatic carbocycles. The smallest absolute Gasteiger partial charge is 0.118 e. The van der Waals surface area contributed by atoms with Crippen LogP contribution in [0.1, 0.15) is 82.2 Å². The Bertz CT molecular complexity index is 1060. The number of aryl methyl sites for hydroxylation is 1. The average Bonchev–Trinajstić information content (AvgIpc) is 3.27. The Balaban J connectivity index is 1.56. The number of hydrogen-bond acceptors (Lipinski definition) is 4. The molecule has 0 amide bonds. The molecule has 0 radical (unpaired) electrons. The number of aromatic nitrogens is 2. The quantitative estimate of drug-likeness (QED) is 0.225. The normalized spacial score (nSPS) is 14.6. The molecule has 2 heterocycles. The first-order chi connectivity index (χ1) is 18.2. The molecule has 1 fully saturated rings. The number of piperidine rings is 1. The van der Waals surface area contributed by atoms with Gasteiger partial charge in [-0.15, -0.1) is 0 Å². The first-order valence-electron chi connectivity index (χ1n) is 14.8. The predicted octanol–water partition coefficient (Wildman–Crippen LogP) is 6.91. The first kappa shape index (κ1) is 27.7. The molecule has 0 atom stereocenters. The summed E-state index contributed by atoms with van der Waals surface area (Å²) in [4.78, 5) is 10.4. The van der Waals surface area contributed by atoms with Crippen molar-refractivity contribution in [1.82, 2.24) is 19.4 Å².